The average molecular weight is 159 g/mol. The minimum Gasteiger partial charge on any atom is -0.0620 e. The van der Waals surface area contributed by atoms with Crippen LogP contribution in [0.2, 0.25) is 0 Å². The highest BCUT2D eigenvalue weighted by Crippen LogP contribution is 2.28. The maximum atomic E-state index is 3.91. The molecule has 0 bridgehead atoms. The average Bonchev–Trinajstić information content (AvgIpc) is 2.47. The van der Waals surface area contributed by atoms with Crippen molar-refractivity contribution in [3.05, 3.63) is 42.3 Å². The number of hydrogen-bond acceptors (Lipinski definition) is 0. The molecule has 2 rings (SSSR count). The van der Waals surface area contributed by atoms with Gasteiger partial charge in [-0.2, -0.15) is 0 Å². The van der Waals surface area contributed by atoms with E-state index in [4.69, 9.17) is 0 Å². The van der Waals surface area contributed by atoms with Gasteiger partial charge >= 0.3 is 0 Å². The lowest BCUT2D eigenvalue weighted by atomic mass is 10.0. The zero-order valence-electron chi connectivity index (χ0n) is 7.42. The summed E-state index contributed by atoms with van der Waals surface area (Å²) in [5.74, 6) is 0.875. The van der Waals surface area contributed by atoms with Crippen molar-refractivity contribution >= 4 is 0 Å². The minimum atomic E-state index is 0.875. The van der Waals surface area contributed by atoms with Crippen LogP contribution in [0, 0.1) is 12.8 Å². The third-order valence-corrected chi connectivity index (χ3v) is 2.75. The van der Waals surface area contributed by atoms with Gasteiger partial charge in [0.25, 0.3) is 0 Å². The molecule has 1 aliphatic carbocycles. The van der Waals surface area contributed by atoms with E-state index in [1.807, 2.05) is 0 Å². The van der Waals surface area contributed by atoms with E-state index in [1.54, 1.807) is 11.1 Å². The fourth-order valence-corrected chi connectivity index (χ4v) is 2.14. The van der Waals surface area contributed by atoms with E-state index in [9.17, 15) is 0 Å². The Bertz CT molecular complexity index is 237. The van der Waals surface area contributed by atoms with E-state index >= 15 is 0 Å². The van der Waals surface area contributed by atoms with Crippen molar-refractivity contribution in [3.8, 4) is 0 Å². The molecule has 63 valence electrons. The van der Waals surface area contributed by atoms with Crippen molar-refractivity contribution in [2.75, 3.05) is 0 Å². The van der Waals surface area contributed by atoms with Gasteiger partial charge in [-0.05, 0) is 36.3 Å². The second-order valence-corrected chi connectivity index (χ2v) is 3.69. The van der Waals surface area contributed by atoms with E-state index in [2.05, 4.69) is 31.2 Å². The van der Waals surface area contributed by atoms with Gasteiger partial charge in [-0.1, -0.05) is 37.6 Å². The molecule has 1 aromatic carbocycles. The van der Waals surface area contributed by atoms with E-state index in [1.165, 1.54) is 19.3 Å². The second kappa shape index (κ2) is 3.30. The first-order valence-electron chi connectivity index (χ1n) is 4.76. The molecule has 0 unspecified atom stereocenters. The van der Waals surface area contributed by atoms with Crippen molar-refractivity contribution < 1.29 is 0 Å². The van der Waals surface area contributed by atoms with Gasteiger partial charge in [0, 0.05) is 0 Å². The van der Waals surface area contributed by atoms with Crippen LogP contribution >= 0.6 is 0 Å². The van der Waals surface area contributed by atoms with Gasteiger partial charge in [0.15, 0.2) is 0 Å². The Morgan fingerprint density at radius 3 is 2.25 bits per heavy atom. The van der Waals surface area contributed by atoms with Gasteiger partial charge in [0.2, 0.25) is 0 Å². The molecule has 0 nitrogen and oxygen atoms in total. The number of fused-ring (bicyclic) bond motifs is 1. The maximum absolute atomic E-state index is 3.91. The zero-order valence-corrected chi connectivity index (χ0v) is 7.42. The predicted molar refractivity (Wildman–Crippen MR) is 51.9 cm³/mol. The summed E-state index contributed by atoms with van der Waals surface area (Å²) in [6.45, 7) is 3.91. The first-order valence-corrected chi connectivity index (χ1v) is 4.76. The molecule has 0 heteroatoms. The van der Waals surface area contributed by atoms with Crippen molar-refractivity contribution in [1.82, 2.24) is 0 Å². The van der Waals surface area contributed by atoms with Crippen LogP contribution in [-0.4, -0.2) is 0 Å². The molecule has 1 aliphatic rings. The van der Waals surface area contributed by atoms with Gasteiger partial charge in [0.1, 0.15) is 0 Å². The Morgan fingerprint density at radius 1 is 1.17 bits per heavy atom. The molecule has 0 heterocycles. The van der Waals surface area contributed by atoms with Crippen LogP contribution in [0.1, 0.15) is 24.0 Å². The van der Waals surface area contributed by atoms with Crippen LogP contribution in [0.4, 0.5) is 0 Å². The zero-order chi connectivity index (χ0) is 8.39. The van der Waals surface area contributed by atoms with E-state index in [0.29, 0.717) is 0 Å². The Morgan fingerprint density at radius 2 is 1.75 bits per heavy atom. The third-order valence-electron chi connectivity index (χ3n) is 2.75. The quantitative estimate of drug-likeness (QED) is 0.622. The number of rotatable bonds is 2. The standard InChI is InChI=1S/C12H15/c1-2-5-10-8-11-6-3-4-7-12(11)9-10/h3-4,6-7,10H,1-2,5,8-9H2. The molecule has 0 amide bonds. The maximum Gasteiger partial charge on any atom is -0.0244 e. The fourth-order valence-electron chi connectivity index (χ4n) is 2.14. The first kappa shape index (κ1) is 7.85. The number of hydrogen-bond donors (Lipinski definition) is 0. The van der Waals surface area contributed by atoms with Crippen molar-refractivity contribution in [2.24, 2.45) is 5.92 Å². The van der Waals surface area contributed by atoms with Crippen LogP contribution in [0.5, 0.6) is 0 Å². The lowest BCUT2D eigenvalue weighted by Crippen LogP contribution is -1.97. The summed E-state index contributed by atoms with van der Waals surface area (Å²) in [6, 6.07) is 8.81. The van der Waals surface area contributed by atoms with Gasteiger partial charge in [-0.15, -0.1) is 0 Å². The highest BCUT2D eigenvalue weighted by molar-refractivity contribution is 5.31. The topological polar surface area (TPSA) is 0 Å². The Labute approximate surface area is 74.6 Å². The smallest absolute Gasteiger partial charge is 0.0244 e. The summed E-state index contributed by atoms with van der Waals surface area (Å²) >= 11 is 0. The SMILES string of the molecule is [CH2]CCC1Cc2ccccc2C1. The summed E-state index contributed by atoms with van der Waals surface area (Å²) in [5.41, 5.74) is 3.13. The fraction of sp³-hybridized carbons (Fsp3) is 0.417. The largest absolute Gasteiger partial charge is 0.0620 e. The van der Waals surface area contributed by atoms with Crippen molar-refractivity contribution in [3.63, 3.8) is 0 Å². The van der Waals surface area contributed by atoms with Crippen molar-refractivity contribution in [1.29, 1.82) is 0 Å². The molecule has 0 saturated heterocycles. The van der Waals surface area contributed by atoms with E-state index in [0.717, 1.165) is 12.3 Å². The molecule has 0 atom stereocenters. The second-order valence-electron chi connectivity index (χ2n) is 3.69. The predicted octanol–water partition coefficient (Wildman–Crippen LogP) is 3.02. The third kappa shape index (κ3) is 1.38. The molecule has 0 spiro atoms. The minimum absolute atomic E-state index is 0.875. The molecule has 12 heavy (non-hydrogen) atoms. The summed E-state index contributed by atoms with van der Waals surface area (Å²) in [6.07, 6.45) is 4.94. The lowest BCUT2D eigenvalue weighted by molar-refractivity contribution is 0.519. The molecule has 0 aliphatic heterocycles. The Kier molecular flexibility index (Phi) is 2.16. The summed E-state index contributed by atoms with van der Waals surface area (Å²) < 4.78 is 0. The molecular formula is C12H15. The highest BCUT2D eigenvalue weighted by Gasteiger charge is 2.19. The van der Waals surface area contributed by atoms with E-state index in [-0.39, 0.29) is 0 Å². The summed E-state index contributed by atoms with van der Waals surface area (Å²) in [7, 11) is 0. The Hall–Kier alpha value is -0.780. The Balaban J connectivity index is 2.11. The molecule has 1 radical (unpaired) electrons. The van der Waals surface area contributed by atoms with Gasteiger partial charge in [-0.25, -0.2) is 0 Å². The van der Waals surface area contributed by atoms with Crippen LogP contribution < -0.4 is 0 Å². The molecule has 1 aromatic rings. The summed E-state index contributed by atoms with van der Waals surface area (Å²) in [4.78, 5) is 0. The molecular weight excluding hydrogens is 144 g/mol. The molecule has 0 aromatic heterocycles. The van der Waals surface area contributed by atoms with Crippen LogP contribution in [0.25, 0.3) is 0 Å². The van der Waals surface area contributed by atoms with Gasteiger partial charge < -0.3 is 0 Å². The van der Waals surface area contributed by atoms with Crippen LogP contribution in [0.3, 0.4) is 0 Å². The normalized spacial score (nSPS) is 16.4. The summed E-state index contributed by atoms with van der Waals surface area (Å²) in [5, 5.41) is 0. The van der Waals surface area contributed by atoms with Gasteiger partial charge in [-0.3, -0.25) is 0 Å². The lowest BCUT2D eigenvalue weighted by Gasteiger charge is -2.04. The number of benzene rings is 1. The van der Waals surface area contributed by atoms with Crippen LogP contribution in [0.15, 0.2) is 24.3 Å². The highest BCUT2D eigenvalue weighted by atomic mass is 14.2. The van der Waals surface area contributed by atoms with Gasteiger partial charge in [0.05, 0.1) is 0 Å². The molecule has 0 fully saturated rings. The van der Waals surface area contributed by atoms with Crippen LogP contribution in [-0.2, 0) is 12.8 Å². The van der Waals surface area contributed by atoms with Crippen molar-refractivity contribution in [2.45, 2.75) is 25.7 Å². The molecule has 0 N–H and O–H groups in total. The monoisotopic (exact) mass is 159 g/mol. The molecule has 0 saturated carbocycles. The first-order chi connectivity index (χ1) is 5.90. The van der Waals surface area contributed by atoms with E-state index < -0.39 is 0 Å².